The van der Waals surface area contributed by atoms with Gasteiger partial charge in [-0.15, -0.1) is 18.3 Å². The molecule has 1 aromatic rings. The molecular weight excluding hydrogens is 306 g/mol. The van der Waals surface area contributed by atoms with Gasteiger partial charge in [-0.2, -0.15) is 0 Å². The Bertz CT molecular complexity index is 577. The van der Waals surface area contributed by atoms with E-state index in [9.17, 15) is 4.79 Å². The molecule has 1 aromatic carbocycles. The summed E-state index contributed by atoms with van der Waals surface area (Å²) >= 11 is 1.67. The molecule has 0 saturated carbocycles. The number of nitrogens with zero attached hydrogens (tertiary/aromatic N) is 1. The molecule has 4 rings (SSSR count). The van der Waals surface area contributed by atoms with Gasteiger partial charge in [0.1, 0.15) is 0 Å². The van der Waals surface area contributed by atoms with Gasteiger partial charge in [0.25, 0.3) is 0 Å². The van der Waals surface area contributed by atoms with Crippen LogP contribution in [0.3, 0.4) is 0 Å². The van der Waals surface area contributed by atoms with Crippen LogP contribution in [0.15, 0.2) is 41.8 Å². The number of hydrogen-bond acceptors (Lipinski definition) is 3. The molecule has 23 heavy (non-hydrogen) atoms. The molecule has 1 unspecified atom stereocenters. The normalized spacial score (nSPS) is 29.1. The highest BCUT2D eigenvalue weighted by Gasteiger charge is 2.38. The molecule has 4 atom stereocenters. The second-order valence-corrected chi connectivity index (χ2v) is 7.28. The van der Waals surface area contributed by atoms with Crippen LogP contribution in [0.5, 0.6) is 0 Å². The van der Waals surface area contributed by atoms with Gasteiger partial charge in [0.2, 0.25) is 0 Å². The number of urea groups is 1. The number of carbonyl (C=O) groups excluding carboxylic acids is 1. The smallest absolute Gasteiger partial charge is 0.319 e. The fourth-order valence-corrected chi connectivity index (χ4v) is 4.21. The van der Waals surface area contributed by atoms with Gasteiger partial charge in [0.15, 0.2) is 0 Å². The fraction of sp³-hybridized carbons (Fsp3) is 0.500. The maximum absolute atomic E-state index is 12.1. The van der Waals surface area contributed by atoms with Crippen LogP contribution in [0, 0.1) is 11.8 Å². The Labute approximate surface area is 142 Å². The van der Waals surface area contributed by atoms with E-state index < -0.39 is 0 Å². The first-order valence-corrected chi connectivity index (χ1v) is 9.47. The maximum atomic E-state index is 12.1. The van der Waals surface area contributed by atoms with Gasteiger partial charge >= 0.3 is 6.03 Å². The predicted molar refractivity (Wildman–Crippen MR) is 97.0 cm³/mol. The molecule has 3 aliphatic heterocycles. The molecule has 2 amide bonds. The summed E-state index contributed by atoms with van der Waals surface area (Å²) in [5.74, 6) is 1.37. The number of thioether (sulfide) groups is 1. The average Bonchev–Trinajstić information content (AvgIpc) is 2.60. The molecular formula is C18H25N3OS. The van der Waals surface area contributed by atoms with Gasteiger partial charge in [-0.3, -0.25) is 4.90 Å². The molecule has 3 fully saturated rings. The minimum atomic E-state index is -0.119. The molecule has 0 aromatic heterocycles. The number of amides is 2. The van der Waals surface area contributed by atoms with Crippen LogP contribution in [-0.4, -0.2) is 42.9 Å². The van der Waals surface area contributed by atoms with Gasteiger partial charge in [-0.25, -0.2) is 4.79 Å². The SMILES string of the molecule is C=C[C@H]1CN2CC[C@H]1C[C@@H]2CNC(=O)Nc1cccc(SC)c1. The van der Waals surface area contributed by atoms with Crippen LogP contribution in [0.25, 0.3) is 0 Å². The van der Waals surface area contributed by atoms with Crippen molar-refractivity contribution in [2.75, 3.05) is 31.2 Å². The minimum Gasteiger partial charge on any atom is -0.336 e. The van der Waals surface area contributed by atoms with Crippen LogP contribution < -0.4 is 10.6 Å². The quantitative estimate of drug-likeness (QED) is 0.642. The van der Waals surface area contributed by atoms with Gasteiger partial charge < -0.3 is 10.6 Å². The molecule has 0 aliphatic carbocycles. The van der Waals surface area contributed by atoms with Crippen LogP contribution in [0.4, 0.5) is 10.5 Å². The number of anilines is 1. The second-order valence-electron chi connectivity index (χ2n) is 6.40. The lowest BCUT2D eigenvalue weighted by molar-refractivity contribution is 0.0209. The van der Waals surface area contributed by atoms with Gasteiger partial charge in [-0.1, -0.05) is 12.1 Å². The molecule has 2 N–H and O–H groups in total. The molecule has 2 bridgehead atoms. The monoisotopic (exact) mass is 331 g/mol. The molecule has 3 saturated heterocycles. The third-order valence-corrected chi connectivity index (χ3v) is 5.78. The van der Waals surface area contributed by atoms with E-state index in [1.807, 2.05) is 30.5 Å². The minimum absolute atomic E-state index is 0.119. The number of nitrogens with one attached hydrogen (secondary N) is 2. The van der Waals surface area contributed by atoms with E-state index >= 15 is 0 Å². The Morgan fingerprint density at radius 1 is 1.52 bits per heavy atom. The van der Waals surface area contributed by atoms with E-state index in [1.165, 1.54) is 12.8 Å². The number of carbonyl (C=O) groups is 1. The van der Waals surface area contributed by atoms with Crippen LogP contribution in [0.1, 0.15) is 12.8 Å². The van der Waals surface area contributed by atoms with Crippen LogP contribution in [0.2, 0.25) is 0 Å². The second kappa shape index (κ2) is 7.41. The summed E-state index contributed by atoms with van der Waals surface area (Å²) in [6.45, 7) is 6.92. The lowest BCUT2D eigenvalue weighted by atomic mass is 9.75. The lowest BCUT2D eigenvalue weighted by Gasteiger charge is -2.49. The van der Waals surface area contributed by atoms with E-state index in [1.54, 1.807) is 11.8 Å². The van der Waals surface area contributed by atoms with Gasteiger partial charge in [0.05, 0.1) is 0 Å². The van der Waals surface area contributed by atoms with Crippen molar-refractivity contribution in [3.8, 4) is 0 Å². The van der Waals surface area contributed by atoms with Crippen molar-refractivity contribution in [2.45, 2.75) is 23.8 Å². The summed E-state index contributed by atoms with van der Waals surface area (Å²) in [6, 6.07) is 8.25. The van der Waals surface area contributed by atoms with Gasteiger partial charge in [0, 0.05) is 29.7 Å². The molecule has 3 heterocycles. The number of fused-ring (bicyclic) bond motifs is 3. The van der Waals surface area contributed by atoms with E-state index in [4.69, 9.17) is 0 Å². The molecule has 3 aliphatic rings. The summed E-state index contributed by atoms with van der Waals surface area (Å²) < 4.78 is 0. The Morgan fingerprint density at radius 2 is 2.39 bits per heavy atom. The first-order valence-electron chi connectivity index (χ1n) is 8.25. The molecule has 124 valence electrons. The molecule has 0 radical (unpaired) electrons. The Balaban J connectivity index is 1.49. The number of piperidine rings is 3. The van der Waals surface area contributed by atoms with Crippen LogP contribution in [-0.2, 0) is 0 Å². The molecule has 0 spiro atoms. The Hall–Kier alpha value is -1.46. The van der Waals surface area contributed by atoms with Crippen molar-refractivity contribution >= 4 is 23.5 Å². The zero-order valence-corrected chi connectivity index (χ0v) is 14.4. The predicted octanol–water partition coefficient (Wildman–Crippen LogP) is 3.43. The third kappa shape index (κ3) is 3.90. The standard InChI is InChI=1S/C18H25N3OS/c1-3-13-12-21-8-7-14(13)9-16(21)11-19-18(22)20-15-5-4-6-17(10-15)23-2/h3-6,10,13-14,16H,1,7-9,11-12H2,2H3,(H2,19,20,22)/t13-,14-,16+/m0/s1. The largest absolute Gasteiger partial charge is 0.336 e. The number of hydrogen-bond donors (Lipinski definition) is 2. The van der Waals surface area contributed by atoms with Crippen molar-refractivity contribution in [1.29, 1.82) is 0 Å². The number of rotatable bonds is 5. The highest BCUT2D eigenvalue weighted by atomic mass is 32.2. The van der Waals surface area contributed by atoms with Crippen molar-refractivity contribution in [2.24, 2.45) is 11.8 Å². The Morgan fingerprint density at radius 3 is 3.09 bits per heavy atom. The zero-order chi connectivity index (χ0) is 16.2. The van der Waals surface area contributed by atoms with E-state index in [0.717, 1.165) is 29.6 Å². The first-order chi connectivity index (χ1) is 11.2. The third-order valence-electron chi connectivity index (χ3n) is 5.06. The van der Waals surface area contributed by atoms with Crippen molar-refractivity contribution in [3.63, 3.8) is 0 Å². The van der Waals surface area contributed by atoms with Gasteiger partial charge in [-0.05, 0) is 55.7 Å². The van der Waals surface area contributed by atoms with E-state index in [2.05, 4.69) is 28.2 Å². The highest BCUT2D eigenvalue weighted by molar-refractivity contribution is 7.98. The summed E-state index contributed by atoms with van der Waals surface area (Å²) in [6.07, 6.45) is 6.56. The topological polar surface area (TPSA) is 44.4 Å². The highest BCUT2D eigenvalue weighted by Crippen LogP contribution is 2.36. The number of benzene rings is 1. The van der Waals surface area contributed by atoms with Crippen molar-refractivity contribution in [3.05, 3.63) is 36.9 Å². The average molecular weight is 331 g/mol. The summed E-state index contributed by atoms with van der Waals surface area (Å²) in [5.41, 5.74) is 0.839. The fourth-order valence-electron chi connectivity index (χ4n) is 3.75. The van der Waals surface area contributed by atoms with Crippen molar-refractivity contribution in [1.82, 2.24) is 10.2 Å². The molecule has 5 heteroatoms. The van der Waals surface area contributed by atoms with E-state index in [0.29, 0.717) is 18.5 Å². The van der Waals surface area contributed by atoms with Crippen LogP contribution >= 0.6 is 11.8 Å². The Kier molecular flexibility index (Phi) is 5.28. The zero-order valence-electron chi connectivity index (χ0n) is 13.6. The van der Waals surface area contributed by atoms with E-state index in [-0.39, 0.29) is 6.03 Å². The molecule has 4 nitrogen and oxygen atoms in total. The summed E-state index contributed by atoms with van der Waals surface area (Å²) in [4.78, 5) is 15.8. The first kappa shape index (κ1) is 16.4. The van der Waals surface area contributed by atoms with Crippen molar-refractivity contribution < 1.29 is 4.79 Å². The maximum Gasteiger partial charge on any atom is 0.319 e. The summed E-state index contributed by atoms with van der Waals surface area (Å²) in [7, 11) is 0. The lowest BCUT2D eigenvalue weighted by Crippen LogP contribution is -2.56. The summed E-state index contributed by atoms with van der Waals surface area (Å²) in [5, 5.41) is 5.95.